The molecule has 1 aliphatic heterocycles. The summed E-state index contributed by atoms with van der Waals surface area (Å²) < 4.78 is 13.6. The van der Waals surface area contributed by atoms with Gasteiger partial charge in [0.2, 0.25) is 5.91 Å². The standard InChI is InChI=1S/C25H30FN5O/c1-2-27-25(28-12-11-19-16-29-23-10-9-21(26)14-22(19)23)30-15-18-6-3-4-7-20(18)17-31-13-5-8-24(31)32/h3-4,6-7,9-10,14,16,29H,2,5,8,11-13,15,17H2,1H3,(H2,27,28,30). The van der Waals surface area contributed by atoms with Gasteiger partial charge in [-0.15, -0.1) is 0 Å². The first-order valence-corrected chi connectivity index (χ1v) is 11.3. The summed E-state index contributed by atoms with van der Waals surface area (Å²) in [6, 6.07) is 13.0. The highest BCUT2D eigenvalue weighted by Crippen LogP contribution is 2.20. The van der Waals surface area contributed by atoms with E-state index in [2.05, 4.69) is 27.8 Å². The Morgan fingerprint density at radius 3 is 2.78 bits per heavy atom. The van der Waals surface area contributed by atoms with Gasteiger partial charge in [-0.25, -0.2) is 9.38 Å². The summed E-state index contributed by atoms with van der Waals surface area (Å²) in [6.07, 6.45) is 4.28. The summed E-state index contributed by atoms with van der Waals surface area (Å²) in [5, 5.41) is 7.58. The smallest absolute Gasteiger partial charge is 0.222 e. The number of amides is 1. The Morgan fingerprint density at radius 1 is 1.16 bits per heavy atom. The van der Waals surface area contributed by atoms with E-state index in [0.717, 1.165) is 59.5 Å². The number of hydrogen-bond donors (Lipinski definition) is 3. The third-order valence-corrected chi connectivity index (χ3v) is 5.82. The molecule has 6 nitrogen and oxygen atoms in total. The molecule has 0 spiro atoms. The Labute approximate surface area is 187 Å². The Kier molecular flexibility index (Phi) is 7.04. The second kappa shape index (κ2) is 10.3. The van der Waals surface area contributed by atoms with Gasteiger partial charge < -0.3 is 20.5 Å². The molecule has 1 aromatic heterocycles. The SMILES string of the molecule is CCNC(=NCc1ccccc1CN1CCCC1=O)NCCc1c[nH]c2ccc(F)cc12. The summed E-state index contributed by atoms with van der Waals surface area (Å²) in [4.78, 5) is 21.9. The lowest BCUT2D eigenvalue weighted by molar-refractivity contribution is -0.128. The van der Waals surface area contributed by atoms with Crippen LogP contribution in [0.4, 0.5) is 4.39 Å². The van der Waals surface area contributed by atoms with E-state index in [1.54, 1.807) is 12.1 Å². The number of guanidine groups is 1. The zero-order valence-corrected chi connectivity index (χ0v) is 18.5. The molecule has 7 heteroatoms. The molecular formula is C25H30FN5O. The highest BCUT2D eigenvalue weighted by atomic mass is 19.1. The maximum atomic E-state index is 13.6. The summed E-state index contributed by atoms with van der Waals surface area (Å²) in [5.74, 6) is 0.747. The lowest BCUT2D eigenvalue weighted by Crippen LogP contribution is -2.38. The van der Waals surface area contributed by atoms with Gasteiger partial charge in [-0.3, -0.25) is 4.79 Å². The van der Waals surface area contributed by atoms with Crippen LogP contribution in [0.3, 0.4) is 0 Å². The highest BCUT2D eigenvalue weighted by molar-refractivity contribution is 5.83. The van der Waals surface area contributed by atoms with Gasteiger partial charge in [-0.05, 0) is 54.7 Å². The molecule has 1 fully saturated rings. The number of nitrogens with one attached hydrogen (secondary N) is 3. The van der Waals surface area contributed by atoms with Crippen LogP contribution in [0, 0.1) is 5.82 Å². The monoisotopic (exact) mass is 435 g/mol. The molecule has 2 aromatic carbocycles. The molecular weight excluding hydrogens is 405 g/mol. The van der Waals surface area contributed by atoms with Gasteiger partial charge in [0.25, 0.3) is 0 Å². The average Bonchev–Trinajstić information content (AvgIpc) is 3.38. The van der Waals surface area contributed by atoms with Crippen LogP contribution in [0.1, 0.15) is 36.5 Å². The molecule has 3 aromatic rings. The van der Waals surface area contributed by atoms with Crippen LogP contribution >= 0.6 is 0 Å². The Bertz CT molecular complexity index is 1110. The van der Waals surface area contributed by atoms with Crippen LogP contribution in [0.25, 0.3) is 10.9 Å². The van der Waals surface area contributed by atoms with Gasteiger partial charge in [0.15, 0.2) is 5.96 Å². The third-order valence-electron chi connectivity index (χ3n) is 5.82. The van der Waals surface area contributed by atoms with E-state index in [9.17, 15) is 9.18 Å². The molecule has 3 N–H and O–H groups in total. The summed E-state index contributed by atoms with van der Waals surface area (Å²) in [6.45, 7) is 5.48. The van der Waals surface area contributed by atoms with Crippen molar-refractivity contribution in [2.24, 2.45) is 4.99 Å². The molecule has 0 bridgehead atoms. The maximum absolute atomic E-state index is 13.6. The molecule has 1 amide bonds. The molecule has 2 heterocycles. The van der Waals surface area contributed by atoms with E-state index < -0.39 is 0 Å². The number of rotatable bonds is 8. The van der Waals surface area contributed by atoms with E-state index in [-0.39, 0.29) is 11.7 Å². The minimum atomic E-state index is -0.226. The molecule has 32 heavy (non-hydrogen) atoms. The van der Waals surface area contributed by atoms with E-state index in [1.165, 1.54) is 6.07 Å². The first-order valence-electron chi connectivity index (χ1n) is 11.3. The fourth-order valence-corrected chi connectivity index (χ4v) is 4.12. The largest absolute Gasteiger partial charge is 0.361 e. The number of halogens is 1. The second-order valence-electron chi connectivity index (χ2n) is 8.06. The molecule has 0 atom stereocenters. The van der Waals surface area contributed by atoms with Gasteiger partial charge >= 0.3 is 0 Å². The van der Waals surface area contributed by atoms with Gasteiger partial charge in [0, 0.05) is 49.7 Å². The predicted octanol–water partition coefficient (Wildman–Crippen LogP) is 3.73. The number of likely N-dealkylation sites (tertiary alicyclic amines) is 1. The molecule has 0 radical (unpaired) electrons. The number of H-pyrrole nitrogens is 1. The highest BCUT2D eigenvalue weighted by Gasteiger charge is 2.20. The van der Waals surface area contributed by atoms with E-state index in [4.69, 9.17) is 4.99 Å². The summed E-state index contributed by atoms with van der Waals surface area (Å²) in [5.41, 5.74) is 4.28. The quantitative estimate of drug-likeness (QED) is 0.373. The zero-order chi connectivity index (χ0) is 22.3. The third kappa shape index (κ3) is 5.28. The van der Waals surface area contributed by atoms with Gasteiger partial charge in [-0.2, -0.15) is 0 Å². The van der Waals surface area contributed by atoms with Gasteiger partial charge in [0.1, 0.15) is 5.82 Å². The Hall–Kier alpha value is -3.35. The van der Waals surface area contributed by atoms with Crippen molar-refractivity contribution in [2.45, 2.75) is 39.3 Å². The molecule has 4 rings (SSSR count). The van der Waals surface area contributed by atoms with Crippen molar-refractivity contribution in [1.29, 1.82) is 0 Å². The Balaban J connectivity index is 1.39. The minimum Gasteiger partial charge on any atom is -0.361 e. The van der Waals surface area contributed by atoms with Crippen LogP contribution in [0.15, 0.2) is 53.7 Å². The van der Waals surface area contributed by atoms with Crippen molar-refractivity contribution in [2.75, 3.05) is 19.6 Å². The molecule has 0 aliphatic carbocycles. The fourth-order valence-electron chi connectivity index (χ4n) is 4.12. The first-order chi connectivity index (χ1) is 15.6. The average molecular weight is 436 g/mol. The number of nitrogens with zero attached hydrogens (tertiary/aromatic N) is 2. The molecule has 0 unspecified atom stereocenters. The zero-order valence-electron chi connectivity index (χ0n) is 18.5. The molecule has 1 saturated heterocycles. The van der Waals surface area contributed by atoms with Crippen molar-refractivity contribution in [3.05, 3.63) is 71.2 Å². The van der Waals surface area contributed by atoms with Crippen molar-refractivity contribution in [3.63, 3.8) is 0 Å². The van der Waals surface area contributed by atoms with Crippen molar-refractivity contribution in [3.8, 4) is 0 Å². The maximum Gasteiger partial charge on any atom is 0.222 e. The lowest BCUT2D eigenvalue weighted by atomic mass is 10.1. The number of aliphatic imine (C=N–C) groups is 1. The van der Waals surface area contributed by atoms with Gasteiger partial charge in [0.05, 0.1) is 6.54 Å². The van der Waals surface area contributed by atoms with Crippen molar-refractivity contribution < 1.29 is 9.18 Å². The first kappa shape index (κ1) is 21.9. The topological polar surface area (TPSA) is 72.5 Å². The van der Waals surface area contributed by atoms with E-state index in [1.807, 2.05) is 30.2 Å². The van der Waals surface area contributed by atoms with E-state index in [0.29, 0.717) is 26.1 Å². The number of aromatic nitrogens is 1. The van der Waals surface area contributed by atoms with Crippen LogP contribution in [-0.2, 0) is 24.3 Å². The summed E-state index contributed by atoms with van der Waals surface area (Å²) >= 11 is 0. The number of benzene rings is 2. The lowest BCUT2D eigenvalue weighted by Gasteiger charge is -2.18. The molecule has 0 saturated carbocycles. The van der Waals surface area contributed by atoms with Crippen LogP contribution in [0.2, 0.25) is 0 Å². The fraction of sp³-hybridized carbons (Fsp3) is 0.360. The summed E-state index contributed by atoms with van der Waals surface area (Å²) in [7, 11) is 0. The van der Waals surface area contributed by atoms with Crippen LogP contribution < -0.4 is 10.6 Å². The Morgan fingerprint density at radius 2 is 2.00 bits per heavy atom. The number of hydrogen-bond acceptors (Lipinski definition) is 2. The number of carbonyl (C=O) groups excluding carboxylic acids is 1. The number of aromatic amines is 1. The van der Waals surface area contributed by atoms with Crippen molar-refractivity contribution >= 4 is 22.8 Å². The predicted molar refractivity (Wildman–Crippen MR) is 126 cm³/mol. The van der Waals surface area contributed by atoms with E-state index >= 15 is 0 Å². The normalized spacial score (nSPS) is 14.4. The van der Waals surface area contributed by atoms with Crippen molar-refractivity contribution in [1.82, 2.24) is 20.5 Å². The second-order valence-corrected chi connectivity index (χ2v) is 8.06. The van der Waals surface area contributed by atoms with Crippen LogP contribution in [0.5, 0.6) is 0 Å². The molecule has 1 aliphatic rings. The minimum absolute atomic E-state index is 0.226. The molecule has 168 valence electrons. The van der Waals surface area contributed by atoms with Crippen LogP contribution in [-0.4, -0.2) is 41.4 Å². The number of fused-ring (bicyclic) bond motifs is 1. The number of carbonyl (C=O) groups is 1. The van der Waals surface area contributed by atoms with Gasteiger partial charge in [-0.1, -0.05) is 24.3 Å².